The van der Waals surface area contributed by atoms with E-state index in [-0.39, 0.29) is 5.56 Å². The number of phenolic OH excluding ortho intramolecular Hbond substituents is 1. The number of phenols is 1. The summed E-state index contributed by atoms with van der Waals surface area (Å²) in [5.41, 5.74) is -0.183. The summed E-state index contributed by atoms with van der Waals surface area (Å²) in [4.78, 5) is 34.2. The van der Waals surface area contributed by atoms with Crippen LogP contribution < -0.4 is 5.32 Å². The van der Waals surface area contributed by atoms with Crippen LogP contribution in [0.2, 0.25) is 0 Å². The Morgan fingerprint density at radius 2 is 1.86 bits per heavy atom. The Balaban J connectivity index is 2.91. The molecule has 0 aliphatic carbocycles. The van der Waals surface area contributed by atoms with E-state index in [9.17, 15) is 32.7 Å². The first-order chi connectivity index (χ1) is 10.2. The van der Waals surface area contributed by atoms with Crippen molar-refractivity contribution in [3.05, 3.63) is 29.8 Å². The SMILES string of the molecule is COC(=O)[C@H](CC(=O)c1ccccc1O)NC(=O)C(F)(F)F. The predicted octanol–water partition coefficient (Wildman–Crippen LogP) is 1.19. The molecule has 0 aromatic heterocycles. The first kappa shape index (κ1) is 17.5. The Hall–Kier alpha value is -2.58. The number of rotatable bonds is 5. The minimum absolute atomic E-state index is 0.183. The molecular weight excluding hydrogens is 307 g/mol. The maximum absolute atomic E-state index is 12.2. The summed E-state index contributed by atoms with van der Waals surface area (Å²) < 4.78 is 40.9. The number of carbonyl (C=O) groups excluding carboxylic acids is 3. The highest BCUT2D eigenvalue weighted by molar-refractivity contribution is 6.01. The monoisotopic (exact) mass is 319 g/mol. The van der Waals surface area contributed by atoms with E-state index in [1.165, 1.54) is 29.6 Å². The van der Waals surface area contributed by atoms with E-state index in [2.05, 4.69) is 4.74 Å². The quantitative estimate of drug-likeness (QED) is 0.628. The van der Waals surface area contributed by atoms with Crippen molar-refractivity contribution in [3.8, 4) is 5.75 Å². The van der Waals surface area contributed by atoms with E-state index in [0.717, 1.165) is 7.11 Å². The van der Waals surface area contributed by atoms with Crippen LogP contribution in [-0.4, -0.2) is 42.1 Å². The lowest BCUT2D eigenvalue weighted by Crippen LogP contribution is -2.48. The number of alkyl halides is 3. The summed E-state index contributed by atoms with van der Waals surface area (Å²) in [6.45, 7) is 0. The van der Waals surface area contributed by atoms with Crippen LogP contribution in [0.5, 0.6) is 5.75 Å². The highest BCUT2D eigenvalue weighted by Gasteiger charge is 2.41. The minimum Gasteiger partial charge on any atom is -0.507 e. The molecule has 1 atom stereocenters. The van der Waals surface area contributed by atoms with Gasteiger partial charge in [0, 0.05) is 6.42 Å². The largest absolute Gasteiger partial charge is 0.507 e. The van der Waals surface area contributed by atoms with Crippen molar-refractivity contribution in [2.24, 2.45) is 0 Å². The normalized spacial score (nSPS) is 12.4. The molecule has 2 N–H and O–H groups in total. The molecule has 0 fully saturated rings. The Morgan fingerprint density at radius 3 is 2.36 bits per heavy atom. The molecule has 0 aliphatic heterocycles. The van der Waals surface area contributed by atoms with Gasteiger partial charge in [-0.05, 0) is 12.1 Å². The van der Waals surface area contributed by atoms with Crippen molar-refractivity contribution in [3.63, 3.8) is 0 Å². The van der Waals surface area contributed by atoms with Crippen LogP contribution in [-0.2, 0) is 14.3 Å². The molecule has 9 heteroatoms. The van der Waals surface area contributed by atoms with Crippen molar-refractivity contribution < 1.29 is 37.4 Å². The second-order valence-electron chi connectivity index (χ2n) is 4.19. The molecule has 1 rings (SSSR count). The second-order valence-corrected chi connectivity index (χ2v) is 4.19. The average Bonchev–Trinajstić information content (AvgIpc) is 2.44. The van der Waals surface area contributed by atoms with Crippen molar-refractivity contribution in [2.75, 3.05) is 7.11 Å². The zero-order chi connectivity index (χ0) is 16.9. The predicted molar refractivity (Wildman–Crippen MR) is 67.1 cm³/mol. The Kier molecular flexibility index (Phi) is 5.50. The fourth-order valence-corrected chi connectivity index (χ4v) is 1.58. The van der Waals surface area contributed by atoms with Crippen molar-refractivity contribution in [2.45, 2.75) is 18.6 Å². The van der Waals surface area contributed by atoms with Crippen LogP contribution in [0.25, 0.3) is 0 Å². The van der Waals surface area contributed by atoms with E-state index in [1.807, 2.05) is 0 Å². The zero-order valence-corrected chi connectivity index (χ0v) is 11.3. The molecule has 0 saturated heterocycles. The standard InChI is InChI=1S/C13H12F3NO5/c1-22-11(20)8(17-12(21)13(14,15)16)6-10(19)7-4-2-3-5-9(7)18/h2-5,8,18H,6H2,1H3,(H,17,21)/t8-/m0/s1. The van der Waals surface area contributed by atoms with Gasteiger partial charge in [0.2, 0.25) is 0 Å². The fraction of sp³-hybridized carbons (Fsp3) is 0.308. The van der Waals surface area contributed by atoms with E-state index < -0.39 is 42.0 Å². The summed E-state index contributed by atoms with van der Waals surface area (Å²) in [7, 11) is 0.902. The molecule has 1 aromatic carbocycles. The number of amides is 1. The summed E-state index contributed by atoms with van der Waals surface area (Å²) in [6, 6.07) is 3.49. The van der Waals surface area contributed by atoms with Gasteiger partial charge in [-0.25, -0.2) is 4.79 Å². The highest BCUT2D eigenvalue weighted by Crippen LogP contribution is 2.19. The third-order valence-corrected chi connectivity index (χ3v) is 2.64. The number of aromatic hydroxyl groups is 1. The van der Waals surface area contributed by atoms with Gasteiger partial charge in [-0.15, -0.1) is 0 Å². The molecule has 0 aliphatic rings. The van der Waals surface area contributed by atoms with Gasteiger partial charge in [0.1, 0.15) is 11.8 Å². The average molecular weight is 319 g/mol. The van der Waals surface area contributed by atoms with Gasteiger partial charge in [0.15, 0.2) is 5.78 Å². The van der Waals surface area contributed by atoms with Gasteiger partial charge in [0.05, 0.1) is 12.7 Å². The number of benzene rings is 1. The molecule has 0 saturated carbocycles. The van der Waals surface area contributed by atoms with Gasteiger partial charge in [0.25, 0.3) is 0 Å². The number of ether oxygens (including phenoxy) is 1. The first-order valence-corrected chi connectivity index (χ1v) is 5.93. The highest BCUT2D eigenvalue weighted by atomic mass is 19.4. The summed E-state index contributed by atoms with van der Waals surface area (Å²) in [5, 5.41) is 10.9. The number of hydrogen-bond acceptors (Lipinski definition) is 5. The van der Waals surface area contributed by atoms with E-state index in [0.29, 0.717) is 0 Å². The summed E-state index contributed by atoms with van der Waals surface area (Å²) in [5.74, 6) is -4.79. The van der Waals surface area contributed by atoms with Crippen molar-refractivity contribution in [1.29, 1.82) is 0 Å². The molecule has 1 aromatic rings. The third kappa shape index (κ3) is 4.47. The molecule has 0 heterocycles. The van der Waals surface area contributed by atoms with Gasteiger partial charge in [-0.3, -0.25) is 9.59 Å². The number of halogens is 3. The summed E-state index contributed by atoms with van der Waals surface area (Å²) >= 11 is 0. The van der Waals surface area contributed by atoms with Crippen molar-refractivity contribution in [1.82, 2.24) is 5.32 Å². The number of para-hydroxylation sites is 1. The lowest BCUT2D eigenvalue weighted by Gasteiger charge is -2.17. The molecular formula is C13H12F3NO5. The van der Waals surface area contributed by atoms with Crippen LogP contribution in [0.15, 0.2) is 24.3 Å². The Bertz CT molecular complexity index is 585. The van der Waals surface area contributed by atoms with Crippen molar-refractivity contribution >= 4 is 17.7 Å². The third-order valence-electron chi connectivity index (χ3n) is 2.64. The van der Waals surface area contributed by atoms with E-state index >= 15 is 0 Å². The number of esters is 1. The Morgan fingerprint density at radius 1 is 1.27 bits per heavy atom. The number of methoxy groups -OCH3 is 1. The summed E-state index contributed by atoms with van der Waals surface area (Å²) in [6.07, 6.45) is -5.99. The maximum Gasteiger partial charge on any atom is 0.471 e. The number of Topliss-reactive ketones (excluding diaryl/α,β-unsaturated/α-hetero) is 1. The zero-order valence-electron chi connectivity index (χ0n) is 11.3. The van der Waals surface area contributed by atoms with Crippen LogP contribution in [0.1, 0.15) is 16.8 Å². The Labute approximate surface area is 122 Å². The number of carbonyl (C=O) groups is 3. The smallest absolute Gasteiger partial charge is 0.471 e. The molecule has 0 spiro atoms. The number of ketones is 1. The van der Waals surface area contributed by atoms with Crippen LogP contribution in [0.3, 0.4) is 0 Å². The molecule has 0 bridgehead atoms. The molecule has 0 radical (unpaired) electrons. The van der Waals surface area contributed by atoms with Gasteiger partial charge in [-0.2, -0.15) is 13.2 Å². The topological polar surface area (TPSA) is 92.7 Å². The van der Waals surface area contributed by atoms with Crippen LogP contribution in [0.4, 0.5) is 13.2 Å². The molecule has 6 nitrogen and oxygen atoms in total. The van der Waals surface area contributed by atoms with Crippen LogP contribution in [0, 0.1) is 0 Å². The van der Waals surface area contributed by atoms with Gasteiger partial charge >= 0.3 is 18.1 Å². The molecule has 1 amide bonds. The number of nitrogens with one attached hydrogen (secondary N) is 1. The maximum atomic E-state index is 12.2. The molecule has 22 heavy (non-hydrogen) atoms. The lowest BCUT2D eigenvalue weighted by molar-refractivity contribution is -0.175. The van der Waals surface area contributed by atoms with E-state index in [4.69, 9.17) is 0 Å². The lowest BCUT2D eigenvalue weighted by atomic mass is 10.0. The second kappa shape index (κ2) is 6.92. The van der Waals surface area contributed by atoms with Gasteiger partial charge < -0.3 is 15.2 Å². The minimum atomic E-state index is -5.20. The van der Waals surface area contributed by atoms with E-state index in [1.54, 1.807) is 0 Å². The number of hydrogen-bond donors (Lipinski definition) is 2. The van der Waals surface area contributed by atoms with Gasteiger partial charge in [-0.1, -0.05) is 12.1 Å². The molecule has 120 valence electrons. The first-order valence-electron chi connectivity index (χ1n) is 5.93. The molecule has 0 unspecified atom stereocenters. The van der Waals surface area contributed by atoms with Crippen LogP contribution >= 0.6 is 0 Å². The fourth-order valence-electron chi connectivity index (χ4n) is 1.58.